The van der Waals surface area contributed by atoms with Crippen molar-refractivity contribution in [2.75, 3.05) is 11.5 Å². The van der Waals surface area contributed by atoms with Crippen molar-refractivity contribution in [1.29, 1.82) is 0 Å². The summed E-state index contributed by atoms with van der Waals surface area (Å²) in [5.74, 6) is -0.704. The lowest BCUT2D eigenvalue weighted by molar-refractivity contribution is -0.121. The average molecular weight is 365 g/mol. The number of aliphatic hydroxyl groups is 1. The Balaban J connectivity index is 1.89. The van der Waals surface area contributed by atoms with Crippen molar-refractivity contribution in [3.8, 4) is 5.75 Å². The van der Waals surface area contributed by atoms with E-state index in [1.54, 1.807) is 30.3 Å². The molecule has 2 aromatic carbocycles. The molecule has 140 valence electrons. The quantitative estimate of drug-likeness (QED) is 0.807. The van der Waals surface area contributed by atoms with Gasteiger partial charge in [-0.1, -0.05) is 37.6 Å². The lowest BCUT2D eigenvalue weighted by atomic mass is 9.98. The Hall–Kier alpha value is -3.08. The third-order valence-electron chi connectivity index (χ3n) is 4.39. The van der Waals surface area contributed by atoms with Crippen LogP contribution < -0.4 is 9.64 Å². The third kappa shape index (κ3) is 3.58. The molecule has 0 aliphatic carbocycles. The highest BCUT2D eigenvalue weighted by Crippen LogP contribution is 2.34. The first-order chi connectivity index (χ1) is 12.8. The molecular formula is C22H23NO4. The zero-order chi connectivity index (χ0) is 19.7. The zero-order valence-corrected chi connectivity index (χ0v) is 15.9. The molecule has 0 aromatic heterocycles. The second-order valence-electron chi connectivity index (χ2n) is 7.19. The van der Waals surface area contributed by atoms with Gasteiger partial charge in [-0.25, -0.2) is 4.90 Å². The van der Waals surface area contributed by atoms with E-state index in [9.17, 15) is 14.7 Å². The minimum Gasteiger partial charge on any atom is -0.502 e. The second-order valence-corrected chi connectivity index (χ2v) is 7.19. The van der Waals surface area contributed by atoms with Crippen LogP contribution in [0.25, 0.3) is 5.57 Å². The minimum atomic E-state index is -0.717. The summed E-state index contributed by atoms with van der Waals surface area (Å²) in [6, 6.07) is 12.2. The highest BCUT2D eigenvalue weighted by molar-refractivity contribution is 6.45. The highest BCUT2D eigenvalue weighted by atomic mass is 16.5. The number of hydrogen-bond acceptors (Lipinski definition) is 4. The predicted molar refractivity (Wildman–Crippen MR) is 105 cm³/mol. The van der Waals surface area contributed by atoms with Crippen molar-refractivity contribution in [1.82, 2.24) is 0 Å². The van der Waals surface area contributed by atoms with Crippen molar-refractivity contribution in [2.24, 2.45) is 5.92 Å². The molecule has 0 saturated carbocycles. The number of imide groups is 1. The summed E-state index contributed by atoms with van der Waals surface area (Å²) in [6.45, 7) is 8.49. The molecule has 1 heterocycles. The minimum absolute atomic E-state index is 0.0395. The number of benzene rings is 2. The number of amides is 2. The maximum Gasteiger partial charge on any atom is 0.301 e. The molecule has 2 amide bonds. The fraction of sp³-hybridized carbons (Fsp3) is 0.273. The molecule has 3 rings (SSSR count). The number of anilines is 1. The molecule has 0 saturated heterocycles. The number of hydrogen-bond donors (Lipinski definition) is 1. The maximum atomic E-state index is 12.9. The molecule has 0 bridgehead atoms. The summed E-state index contributed by atoms with van der Waals surface area (Å²) in [6.07, 6.45) is 0. The van der Waals surface area contributed by atoms with Gasteiger partial charge in [0.25, 0.3) is 5.91 Å². The lowest BCUT2D eigenvalue weighted by Gasteiger charge is -2.16. The first-order valence-corrected chi connectivity index (χ1v) is 8.92. The Kier molecular flexibility index (Phi) is 5.04. The zero-order valence-electron chi connectivity index (χ0n) is 15.9. The number of carbonyl (C=O) groups is 2. The van der Waals surface area contributed by atoms with Crippen LogP contribution in [0.5, 0.6) is 5.75 Å². The Bertz CT molecular complexity index is 926. The molecule has 5 nitrogen and oxygen atoms in total. The summed E-state index contributed by atoms with van der Waals surface area (Å²) >= 11 is 0. The van der Waals surface area contributed by atoms with Gasteiger partial charge in [0.15, 0.2) is 5.76 Å². The van der Waals surface area contributed by atoms with Gasteiger partial charge in [0.2, 0.25) is 0 Å². The maximum absolute atomic E-state index is 12.9. The van der Waals surface area contributed by atoms with Crippen LogP contribution in [-0.2, 0) is 9.59 Å². The summed E-state index contributed by atoms with van der Waals surface area (Å²) < 4.78 is 5.63. The molecule has 1 aliphatic heterocycles. The summed E-state index contributed by atoms with van der Waals surface area (Å²) in [5.41, 5.74) is 2.88. The SMILES string of the molecule is Cc1ccc(C2=C(O)C(=O)N(c3ccc(OCC(C)C)cc3)C2=O)c(C)c1. The number of nitrogens with zero attached hydrogens (tertiary/aromatic N) is 1. The van der Waals surface area contributed by atoms with Gasteiger partial charge in [-0.2, -0.15) is 0 Å². The van der Waals surface area contributed by atoms with Gasteiger partial charge in [0.1, 0.15) is 5.75 Å². The average Bonchev–Trinajstić information content (AvgIpc) is 2.84. The van der Waals surface area contributed by atoms with Crippen LogP contribution in [0.3, 0.4) is 0 Å². The number of ether oxygens (including phenoxy) is 1. The fourth-order valence-electron chi connectivity index (χ4n) is 3.04. The highest BCUT2D eigenvalue weighted by Gasteiger charge is 2.40. The van der Waals surface area contributed by atoms with Crippen LogP contribution in [0.4, 0.5) is 5.69 Å². The molecular weight excluding hydrogens is 342 g/mol. The molecule has 5 heteroatoms. The van der Waals surface area contributed by atoms with E-state index in [1.165, 1.54) is 0 Å². The van der Waals surface area contributed by atoms with E-state index in [-0.39, 0.29) is 5.57 Å². The van der Waals surface area contributed by atoms with Gasteiger partial charge in [-0.15, -0.1) is 0 Å². The molecule has 27 heavy (non-hydrogen) atoms. The summed E-state index contributed by atoms with van der Waals surface area (Å²) in [4.78, 5) is 26.5. The molecule has 0 fully saturated rings. The van der Waals surface area contributed by atoms with Crippen LogP contribution in [0.15, 0.2) is 48.2 Å². The van der Waals surface area contributed by atoms with E-state index in [2.05, 4.69) is 13.8 Å². The molecule has 0 unspecified atom stereocenters. The van der Waals surface area contributed by atoms with E-state index >= 15 is 0 Å². The summed E-state index contributed by atoms with van der Waals surface area (Å²) in [7, 11) is 0. The van der Waals surface area contributed by atoms with Crippen LogP contribution >= 0.6 is 0 Å². The van der Waals surface area contributed by atoms with Crippen LogP contribution in [0, 0.1) is 19.8 Å². The van der Waals surface area contributed by atoms with Crippen LogP contribution in [0.2, 0.25) is 0 Å². The van der Waals surface area contributed by atoms with Crippen molar-refractivity contribution in [2.45, 2.75) is 27.7 Å². The van der Waals surface area contributed by atoms with Crippen molar-refractivity contribution >= 4 is 23.1 Å². The van der Waals surface area contributed by atoms with Crippen molar-refractivity contribution < 1.29 is 19.4 Å². The van der Waals surface area contributed by atoms with Crippen molar-refractivity contribution in [3.05, 3.63) is 64.9 Å². The molecule has 0 atom stereocenters. The standard InChI is InChI=1S/C22H23NO4/c1-13(2)12-27-17-8-6-16(7-9-17)23-21(25)19(20(24)22(23)26)18-10-5-14(3)11-15(18)4/h5-11,13,24H,12H2,1-4H3. The second kappa shape index (κ2) is 7.27. The smallest absolute Gasteiger partial charge is 0.301 e. The Morgan fingerprint density at radius 2 is 1.67 bits per heavy atom. The molecule has 0 spiro atoms. The number of aliphatic hydroxyl groups excluding tert-OH is 1. The normalized spacial score (nSPS) is 14.5. The summed E-state index contributed by atoms with van der Waals surface area (Å²) in [5, 5.41) is 10.3. The van der Waals surface area contributed by atoms with Gasteiger partial charge in [0, 0.05) is 0 Å². The first-order valence-electron chi connectivity index (χ1n) is 8.92. The Labute approximate surface area is 158 Å². The lowest BCUT2D eigenvalue weighted by Crippen LogP contribution is -2.31. The van der Waals surface area contributed by atoms with Crippen LogP contribution in [0.1, 0.15) is 30.5 Å². The fourth-order valence-corrected chi connectivity index (χ4v) is 3.04. The Morgan fingerprint density at radius 3 is 2.26 bits per heavy atom. The van der Waals surface area contributed by atoms with Crippen molar-refractivity contribution in [3.63, 3.8) is 0 Å². The number of rotatable bonds is 5. The predicted octanol–water partition coefficient (Wildman–Crippen LogP) is 4.18. The third-order valence-corrected chi connectivity index (χ3v) is 4.39. The van der Waals surface area contributed by atoms with E-state index in [4.69, 9.17) is 4.74 Å². The van der Waals surface area contributed by atoms with E-state index in [0.717, 1.165) is 16.0 Å². The topological polar surface area (TPSA) is 66.8 Å². The largest absolute Gasteiger partial charge is 0.502 e. The van der Waals surface area contributed by atoms with E-state index < -0.39 is 17.6 Å². The van der Waals surface area contributed by atoms with Gasteiger partial charge >= 0.3 is 5.91 Å². The van der Waals surface area contributed by atoms with Gasteiger partial charge in [-0.05, 0) is 55.2 Å². The van der Waals surface area contributed by atoms with E-state index in [0.29, 0.717) is 29.5 Å². The monoisotopic (exact) mass is 365 g/mol. The first kappa shape index (κ1) is 18.7. The van der Waals surface area contributed by atoms with Gasteiger partial charge < -0.3 is 9.84 Å². The number of aryl methyl sites for hydroxylation is 2. The van der Waals surface area contributed by atoms with Gasteiger partial charge in [-0.3, -0.25) is 9.59 Å². The Morgan fingerprint density at radius 1 is 1.00 bits per heavy atom. The molecule has 2 aromatic rings. The van der Waals surface area contributed by atoms with E-state index in [1.807, 2.05) is 26.0 Å². The van der Waals surface area contributed by atoms with Gasteiger partial charge in [0.05, 0.1) is 17.9 Å². The van der Waals surface area contributed by atoms with Crippen LogP contribution in [-0.4, -0.2) is 23.5 Å². The molecule has 0 radical (unpaired) electrons. The molecule has 1 aliphatic rings. The molecule has 1 N–H and O–H groups in total. The number of carbonyl (C=O) groups excluding carboxylic acids is 2.